The number of Topliss-reactive ketones (excluding diaryl/α,β-unsaturated/α-hetero) is 1. The van der Waals surface area contributed by atoms with E-state index in [1.807, 2.05) is 49.1 Å². The van der Waals surface area contributed by atoms with Crippen LogP contribution >= 0.6 is 0 Å². The van der Waals surface area contributed by atoms with Crippen LogP contribution in [0.1, 0.15) is 53.6 Å². The van der Waals surface area contributed by atoms with Crippen LogP contribution in [-0.2, 0) is 10.0 Å². The molecule has 0 N–H and O–H groups in total. The maximum absolute atomic E-state index is 13.4. The smallest absolute Gasteiger partial charge is 0.297 e. The molecule has 228 valence electrons. The number of aromatic nitrogens is 1. The molecule has 3 aromatic carbocycles. The SMILES string of the molecule is CCC(=O)c1c(-c2ccc(C)cc2)oc2cc(N(C)S(C)(=O)=O)c([C@@H]3CCCN(c4ncc(-c5ccc(F)cc5)o4)C3)cc12. The van der Waals surface area contributed by atoms with Gasteiger partial charge in [0.05, 0.1) is 23.7 Å². The van der Waals surface area contributed by atoms with Crippen molar-refractivity contribution in [1.82, 2.24) is 4.98 Å². The van der Waals surface area contributed by atoms with Crippen LogP contribution in [0.5, 0.6) is 0 Å². The molecular weight excluding hydrogens is 581 g/mol. The average molecular weight is 616 g/mol. The van der Waals surface area contributed by atoms with Crippen molar-refractivity contribution in [3.8, 4) is 22.6 Å². The van der Waals surface area contributed by atoms with Gasteiger partial charge in [-0.1, -0.05) is 36.8 Å². The quantitative estimate of drug-likeness (QED) is 0.166. The number of aryl methyl sites for hydroxylation is 1. The normalized spacial score (nSPS) is 15.6. The number of fused-ring (bicyclic) bond motifs is 1. The molecule has 10 heteroatoms. The highest BCUT2D eigenvalue weighted by molar-refractivity contribution is 7.92. The van der Waals surface area contributed by atoms with Crippen molar-refractivity contribution in [2.75, 3.05) is 35.6 Å². The van der Waals surface area contributed by atoms with Gasteiger partial charge in [-0.15, -0.1) is 0 Å². The van der Waals surface area contributed by atoms with Crippen LogP contribution in [0, 0.1) is 12.7 Å². The summed E-state index contributed by atoms with van der Waals surface area (Å²) in [5.41, 5.74) is 4.87. The molecular formula is C34H34FN3O5S. The number of sulfonamides is 1. The Labute approximate surface area is 256 Å². The summed E-state index contributed by atoms with van der Waals surface area (Å²) >= 11 is 0. The maximum atomic E-state index is 13.4. The van der Waals surface area contributed by atoms with Crippen LogP contribution in [0.15, 0.2) is 75.7 Å². The first-order chi connectivity index (χ1) is 21.0. The first-order valence-corrected chi connectivity index (χ1v) is 16.5. The third-order valence-electron chi connectivity index (χ3n) is 8.34. The standard InChI is InChI=1S/C34H34FN3O5S/c1-5-29(39)32-27-17-26(24-7-6-16-38(20-24)34-36-19-31(43-34)22-12-14-25(35)15-13-22)28(37(3)44(4,40)41)18-30(27)42-33(32)23-10-8-21(2)9-11-23/h8-15,17-19,24H,5-7,16,20H2,1-4H3/t24-/m1/s1. The molecule has 1 fully saturated rings. The lowest BCUT2D eigenvalue weighted by Gasteiger charge is -2.34. The molecule has 1 aliphatic rings. The second-order valence-electron chi connectivity index (χ2n) is 11.4. The lowest BCUT2D eigenvalue weighted by Crippen LogP contribution is -2.35. The number of carbonyl (C=O) groups is 1. The number of oxazole rings is 1. The molecule has 1 atom stereocenters. The van der Waals surface area contributed by atoms with E-state index >= 15 is 0 Å². The van der Waals surface area contributed by atoms with Gasteiger partial charge in [0.2, 0.25) is 10.0 Å². The maximum Gasteiger partial charge on any atom is 0.297 e. The van der Waals surface area contributed by atoms with Gasteiger partial charge in [-0.3, -0.25) is 9.10 Å². The molecule has 0 radical (unpaired) electrons. The van der Waals surface area contributed by atoms with E-state index in [1.165, 1.54) is 29.7 Å². The second-order valence-corrected chi connectivity index (χ2v) is 13.4. The van der Waals surface area contributed by atoms with E-state index in [-0.39, 0.29) is 17.5 Å². The van der Waals surface area contributed by atoms with Gasteiger partial charge >= 0.3 is 0 Å². The zero-order chi connectivity index (χ0) is 31.2. The van der Waals surface area contributed by atoms with E-state index in [0.717, 1.165) is 35.1 Å². The Morgan fingerprint density at radius 3 is 2.45 bits per heavy atom. The second kappa shape index (κ2) is 11.6. The van der Waals surface area contributed by atoms with Gasteiger partial charge < -0.3 is 13.7 Å². The van der Waals surface area contributed by atoms with Crippen LogP contribution in [0.2, 0.25) is 0 Å². The van der Waals surface area contributed by atoms with E-state index in [2.05, 4.69) is 4.98 Å². The average Bonchev–Trinajstić information content (AvgIpc) is 3.65. The van der Waals surface area contributed by atoms with Crippen molar-refractivity contribution >= 4 is 38.5 Å². The Bertz CT molecular complexity index is 1950. The molecule has 44 heavy (non-hydrogen) atoms. The molecule has 0 amide bonds. The Balaban J connectivity index is 1.44. The van der Waals surface area contributed by atoms with Crippen LogP contribution in [-0.4, -0.2) is 45.6 Å². The molecule has 1 aliphatic heterocycles. The Morgan fingerprint density at radius 1 is 1.07 bits per heavy atom. The Morgan fingerprint density at radius 2 is 1.77 bits per heavy atom. The number of halogens is 1. The van der Waals surface area contributed by atoms with Crippen LogP contribution in [0.3, 0.4) is 0 Å². The zero-order valence-electron chi connectivity index (χ0n) is 25.1. The molecule has 0 spiro atoms. The summed E-state index contributed by atoms with van der Waals surface area (Å²) in [5.74, 6) is 0.552. The highest BCUT2D eigenvalue weighted by Crippen LogP contribution is 2.43. The minimum atomic E-state index is -3.61. The molecule has 3 heterocycles. The lowest BCUT2D eigenvalue weighted by molar-refractivity contribution is 0.0989. The van der Waals surface area contributed by atoms with E-state index in [9.17, 15) is 17.6 Å². The van der Waals surface area contributed by atoms with Crippen LogP contribution in [0.25, 0.3) is 33.6 Å². The number of furan rings is 1. The summed E-state index contributed by atoms with van der Waals surface area (Å²) in [6.07, 6.45) is 4.72. The molecule has 8 nitrogen and oxygen atoms in total. The topological polar surface area (TPSA) is 96.9 Å². The first kappa shape index (κ1) is 29.6. The number of anilines is 2. The molecule has 6 rings (SSSR count). The summed E-state index contributed by atoms with van der Waals surface area (Å²) < 4.78 is 52.7. The molecule has 1 saturated heterocycles. The fraction of sp³-hybridized carbons (Fsp3) is 0.294. The number of benzene rings is 3. The van der Waals surface area contributed by atoms with Crippen molar-refractivity contribution < 1.29 is 26.4 Å². The third kappa shape index (κ3) is 5.61. The lowest BCUT2D eigenvalue weighted by atomic mass is 9.88. The van der Waals surface area contributed by atoms with Gasteiger partial charge in [-0.25, -0.2) is 17.8 Å². The predicted molar refractivity (Wildman–Crippen MR) is 170 cm³/mol. The summed E-state index contributed by atoms with van der Waals surface area (Å²) in [6.45, 7) is 5.05. The van der Waals surface area contributed by atoms with Gasteiger partial charge in [-0.2, -0.15) is 0 Å². The zero-order valence-corrected chi connectivity index (χ0v) is 25.9. The van der Waals surface area contributed by atoms with Gasteiger partial charge in [-0.05, 0) is 55.7 Å². The Kier molecular flexibility index (Phi) is 7.79. The third-order valence-corrected chi connectivity index (χ3v) is 9.53. The van der Waals surface area contributed by atoms with Crippen molar-refractivity contribution in [1.29, 1.82) is 0 Å². The number of hydrogen-bond donors (Lipinski definition) is 0. The van der Waals surface area contributed by atoms with Crippen LogP contribution in [0.4, 0.5) is 16.1 Å². The molecule has 0 bridgehead atoms. The monoisotopic (exact) mass is 615 g/mol. The van der Waals surface area contributed by atoms with Crippen molar-refractivity contribution in [2.45, 2.75) is 39.0 Å². The minimum Gasteiger partial charge on any atom is -0.455 e. The van der Waals surface area contributed by atoms with Gasteiger partial charge in [0.1, 0.15) is 17.2 Å². The van der Waals surface area contributed by atoms with Crippen molar-refractivity contribution in [3.05, 3.63) is 89.4 Å². The summed E-state index contributed by atoms with van der Waals surface area (Å²) in [5, 5.41) is 0.667. The highest BCUT2D eigenvalue weighted by Gasteiger charge is 2.31. The highest BCUT2D eigenvalue weighted by atomic mass is 32.2. The number of nitrogens with zero attached hydrogens (tertiary/aromatic N) is 3. The fourth-order valence-corrected chi connectivity index (χ4v) is 6.37. The molecule has 5 aromatic rings. The van der Waals surface area contributed by atoms with Gasteiger partial charge in [0.15, 0.2) is 11.5 Å². The molecule has 2 aromatic heterocycles. The predicted octanol–water partition coefficient (Wildman–Crippen LogP) is 7.57. The Hall–Kier alpha value is -4.44. The summed E-state index contributed by atoms with van der Waals surface area (Å²) in [6, 6.07) is 18.0. The summed E-state index contributed by atoms with van der Waals surface area (Å²) in [7, 11) is -2.08. The van der Waals surface area contributed by atoms with Crippen molar-refractivity contribution in [2.24, 2.45) is 0 Å². The van der Waals surface area contributed by atoms with E-state index in [1.54, 1.807) is 24.4 Å². The number of rotatable bonds is 8. The first-order valence-electron chi connectivity index (χ1n) is 14.6. The molecule has 0 aliphatic carbocycles. The van der Waals surface area contributed by atoms with E-state index in [0.29, 0.717) is 59.3 Å². The van der Waals surface area contributed by atoms with Crippen LogP contribution < -0.4 is 9.21 Å². The number of carbonyl (C=O) groups excluding carboxylic acids is 1. The largest absolute Gasteiger partial charge is 0.455 e. The van der Waals surface area contributed by atoms with Gasteiger partial charge in [0.25, 0.3) is 6.01 Å². The number of piperidine rings is 1. The summed E-state index contributed by atoms with van der Waals surface area (Å²) in [4.78, 5) is 19.9. The van der Waals surface area contributed by atoms with Gasteiger partial charge in [0, 0.05) is 55.1 Å². The minimum absolute atomic E-state index is 0.0483. The van der Waals surface area contributed by atoms with Crippen molar-refractivity contribution in [3.63, 3.8) is 0 Å². The number of hydrogen-bond acceptors (Lipinski definition) is 7. The fourth-order valence-electron chi connectivity index (χ4n) is 5.85. The number of ketones is 1. The molecule has 0 unspecified atom stereocenters. The van der Waals surface area contributed by atoms with E-state index in [4.69, 9.17) is 8.83 Å². The van der Waals surface area contributed by atoms with E-state index < -0.39 is 10.0 Å². The molecule has 0 saturated carbocycles.